The Hall–Kier alpha value is -1.25. The molecule has 1 aromatic heterocycles. The van der Waals surface area contributed by atoms with Crippen molar-refractivity contribution in [2.24, 2.45) is 11.8 Å². The number of nitrogens with one attached hydrogen (secondary N) is 1. The number of rotatable bonds is 2. The molecule has 1 aliphatic carbocycles. The first-order chi connectivity index (χ1) is 7.18. The van der Waals surface area contributed by atoms with Gasteiger partial charge < -0.3 is 9.73 Å². The summed E-state index contributed by atoms with van der Waals surface area (Å²) in [7, 11) is 0. The Morgan fingerprint density at radius 1 is 1.47 bits per heavy atom. The molecule has 1 aromatic rings. The normalized spacial score (nSPS) is 30.4. The Balaban J connectivity index is 1.95. The summed E-state index contributed by atoms with van der Waals surface area (Å²) in [5.74, 6) is 1.57. The molecular weight excluding hydrogens is 190 g/mol. The van der Waals surface area contributed by atoms with Crippen LogP contribution in [0.25, 0.3) is 0 Å². The lowest BCUT2D eigenvalue weighted by Crippen LogP contribution is -2.37. The molecule has 0 aromatic carbocycles. The van der Waals surface area contributed by atoms with Crippen molar-refractivity contribution >= 4 is 5.91 Å². The van der Waals surface area contributed by atoms with Gasteiger partial charge in [-0.3, -0.25) is 4.79 Å². The second kappa shape index (κ2) is 4.09. The predicted molar refractivity (Wildman–Crippen MR) is 57.5 cm³/mol. The fraction of sp³-hybridized carbons (Fsp3) is 0.583. The van der Waals surface area contributed by atoms with E-state index in [-0.39, 0.29) is 5.91 Å². The maximum atomic E-state index is 11.7. The molecule has 2 rings (SSSR count). The summed E-state index contributed by atoms with van der Waals surface area (Å²) in [6.45, 7) is 4.44. The van der Waals surface area contributed by atoms with Crippen molar-refractivity contribution in [3.8, 4) is 0 Å². The molecule has 1 saturated carbocycles. The van der Waals surface area contributed by atoms with Gasteiger partial charge in [-0.15, -0.1) is 0 Å². The Labute approximate surface area is 89.9 Å². The van der Waals surface area contributed by atoms with E-state index in [4.69, 9.17) is 4.42 Å². The summed E-state index contributed by atoms with van der Waals surface area (Å²) >= 11 is 0. The van der Waals surface area contributed by atoms with E-state index in [1.54, 1.807) is 12.1 Å². The minimum Gasteiger partial charge on any atom is -0.459 e. The first kappa shape index (κ1) is 10.3. The Kier molecular flexibility index (Phi) is 2.80. The van der Waals surface area contributed by atoms with Gasteiger partial charge in [0, 0.05) is 6.04 Å². The van der Waals surface area contributed by atoms with Crippen LogP contribution in [0.2, 0.25) is 0 Å². The Bertz CT molecular complexity index is 331. The van der Waals surface area contributed by atoms with Crippen LogP contribution in [0.4, 0.5) is 0 Å². The van der Waals surface area contributed by atoms with E-state index in [1.807, 2.05) is 0 Å². The summed E-state index contributed by atoms with van der Waals surface area (Å²) in [5, 5.41) is 3.03. The van der Waals surface area contributed by atoms with Crippen molar-refractivity contribution in [2.45, 2.75) is 32.7 Å². The van der Waals surface area contributed by atoms with Gasteiger partial charge in [0.25, 0.3) is 5.91 Å². The highest BCUT2D eigenvalue weighted by Crippen LogP contribution is 2.31. The third-order valence-electron chi connectivity index (χ3n) is 3.53. The van der Waals surface area contributed by atoms with Crippen LogP contribution in [0.3, 0.4) is 0 Å². The van der Waals surface area contributed by atoms with Crippen molar-refractivity contribution in [1.29, 1.82) is 0 Å². The van der Waals surface area contributed by atoms with Crippen LogP contribution >= 0.6 is 0 Å². The van der Waals surface area contributed by atoms with Crippen LogP contribution in [-0.2, 0) is 0 Å². The van der Waals surface area contributed by atoms with E-state index in [0.717, 1.165) is 6.42 Å². The average molecular weight is 207 g/mol. The molecular formula is C12H17NO2. The zero-order chi connectivity index (χ0) is 10.8. The third-order valence-corrected chi connectivity index (χ3v) is 3.53. The van der Waals surface area contributed by atoms with E-state index < -0.39 is 0 Å². The second-order valence-corrected chi connectivity index (χ2v) is 4.47. The molecule has 1 aliphatic rings. The highest BCUT2D eigenvalue weighted by molar-refractivity contribution is 5.91. The topological polar surface area (TPSA) is 42.2 Å². The Morgan fingerprint density at radius 3 is 2.80 bits per heavy atom. The van der Waals surface area contributed by atoms with Crippen LogP contribution in [-0.4, -0.2) is 11.9 Å². The first-order valence-electron chi connectivity index (χ1n) is 5.53. The van der Waals surface area contributed by atoms with E-state index >= 15 is 0 Å². The molecule has 1 amide bonds. The lowest BCUT2D eigenvalue weighted by atomic mass is 9.98. The van der Waals surface area contributed by atoms with Gasteiger partial charge in [-0.05, 0) is 36.8 Å². The largest absolute Gasteiger partial charge is 0.459 e. The van der Waals surface area contributed by atoms with Crippen molar-refractivity contribution < 1.29 is 9.21 Å². The monoisotopic (exact) mass is 207 g/mol. The van der Waals surface area contributed by atoms with Gasteiger partial charge in [-0.25, -0.2) is 0 Å². The van der Waals surface area contributed by atoms with Gasteiger partial charge in [0.05, 0.1) is 6.26 Å². The molecule has 0 saturated heterocycles. The molecule has 3 nitrogen and oxygen atoms in total. The highest BCUT2D eigenvalue weighted by atomic mass is 16.3. The molecule has 0 radical (unpaired) electrons. The lowest BCUT2D eigenvalue weighted by Gasteiger charge is -2.18. The zero-order valence-electron chi connectivity index (χ0n) is 9.19. The highest BCUT2D eigenvalue weighted by Gasteiger charge is 2.31. The molecule has 3 heteroatoms. The Morgan fingerprint density at radius 2 is 2.27 bits per heavy atom. The van der Waals surface area contributed by atoms with E-state index in [9.17, 15) is 4.79 Å². The predicted octanol–water partition coefficient (Wildman–Crippen LogP) is 2.44. The minimum atomic E-state index is -0.0917. The van der Waals surface area contributed by atoms with Crippen molar-refractivity contribution in [1.82, 2.24) is 5.32 Å². The smallest absolute Gasteiger partial charge is 0.287 e. The molecule has 15 heavy (non-hydrogen) atoms. The van der Waals surface area contributed by atoms with Crippen molar-refractivity contribution in [3.05, 3.63) is 24.2 Å². The SMILES string of the molecule is CC1CCC(NC(=O)c2ccco2)C1C. The van der Waals surface area contributed by atoms with Gasteiger partial charge in [0.1, 0.15) is 0 Å². The number of hydrogen-bond acceptors (Lipinski definition) is 2. The quantitative estimate of drug-likeness (QED) is 0.809. The number of carbonyl (C=O) groups excluding carboxylic acids is 1. The minimum absolute atomic E-state index is 0.0917. The van der Waals surface area contributed by atoms with E-state index in [2.05, 4.69) is 19.2 Å². The van der Waals surface area contributed by atoms with Crippen molar-refractivity contribution in [2.75, 3.05) is 0 Å². The molecule has 1 heterocycles. The number of amides is 1. The van der Waals surface area contributed by atoms with Gasteiger partial charge in [-0.2, -0.15) is 0 Å². The maximum Gasteiger partial charge on any atom is 0.287 e. The molecule has 1 N–H and O–H groups in total. The standard InChI is InChI=1S/C12H17NO2/c1-8-5-6-10(9(8)2)13-12(14)11-4-3-7-15-11/h3-4,7-10H,5-6H2,1-2H3,(H,13,14). The van der Waals surface area contributed by atoms with Crippen molar-refractivity contribution in [3.63, 3.8) is 0 Å². The van der Waals surface area contributed by atoms with E-state index in [1.165, 1.54) is 12.7 Å². The molecule has 0 spiro atoms. The van der Waals surface area contributed by atoms with Crippen LogP contribution < -0.4 is 5.32 Å². The van der Waals surface area contributed by atoms with Crippen LogP contribution in [0.15, 0.2) is 22.8 Å². The summed E-state index contributed by atoms with van der Waals surface area (Å²) in [6, 6.07) is 3.73. The number of furan rings is 1. The van der Waals surface area contributed by atoms with Gasteiger partial charge in [0.15, 0.2) is 5.76 Å². The number of hydrogen-bond donors (Lipinski definition) is 1. The molecule has 1 fully saturated rings. The molecule has 0 bridgehead atoms. The fourth-order valence-electron chi connectivity index (χ4n) is 2.22. The molecule has 82 valence electrons. The first-order valence-corrected chi connectivity index (χ1v) is 5.53. The lowest BCUT2D eigenvalue weighted by molar-refractivity contribution is 0.0899. The molecule has 3 atom stereocenters. The van der Waals surface area contributed by atoms with Crippen LogP contribution in [0.1, 0.15) is 37.2 Å². The number of carbonyl (C=O) groups is 1. The second-order valence-electron chi connectivity index (χ2n) is 4.47. The van der Waals surface area contributed by atoms with Gasteiger partial charge >= 0.3 is 0 Å². The summed E-state index contributed by atoms with van der Waals surface area (Å²) in [4.78, 5) is 11.7. The molecule has 3 unspecified atom stereocenters. The summed E-state index contributed by atoms with van der Waals surface area (Å²) < 4.78 is 5.06. The third kappa shape index (κ3) is 2.06. The molecule has 0 aliphatic heterocycles. The maximum absolute atomic E-state index is 11.7. The zero-order valence-corrected chi connectivity index (χ0v) is 9.19. The summed E-state index contributed by atoms with van der Waals surface area (Å²) in [5.41, 5.74) is 0. The van der Waals surface area contributed by atoms with Gasteiger partial charge in [-0.1, -0.05) is 13.8 Å². The summed E-state index contributed by atoms with van der Waals surface area (Å²) in [6.07, 6.45) is 3.80. The fourth-order valence-corrected chi connectivity index (χ4v) is 2.22. The van der Waals surface area contributed by atoms with E-state index in [0.29, 0.717) is 23.6 Å². The average Bonchev–Trinajstić information content (AvgIpc) is 2.83. The van der Waals surface area contributed by atoms with Gasteiger partial charge in [0.2, 0.25) is 0 Å². The van der Waals surface area contributed by atoms with Crippen LogP contribution in [0, 0.1) is 11.8 Å². The van der Waals surface area contributed by atoms with Crippen LogP contribution in [0.5, 0.6) is 0 Å².